The molecule has 5 nitrogen and oxygen atoms in total. The van der Waals surface area contributed by atoms with Crippen molar-refractivity contribution in [2.45, 2.75) is 39.2 Å². The Morgan fingerprint density at radius 2 is 2.10 bits per heavy atom. The molecule has 1 aromatic carbocycles. The molecular weight excluding hydrogens is 263 g/mol. The maximum Gasteiger partial charge on any atom is 0.270 e. The summed E-state index contributed by atoms with van der Waals surface area (Å²) in [6.45, 7) is 5.81. The van der Waals surface area contributed by atoms with Crippen LogP contribution in [0, 0.1) is 22.9 Å². The summed E-state index contributed by atoms with van der Waals surface area (Å²) in [5.74, 6) is -1.15. The van der Waals surface area contributed by atoms with Gasteiger partial charge in [0.15, 0.2) is 0 Å². The van der Waals surface area contributed by atoms with Gasteiger partial charge in [-0.25, -0.2) is 4.39 Å². The number of benzene rings is 1. The molecule has 0 atom stereocenters. The highest BCUT2D eigenvalue weighted by Crippen LogP contribution is 2.31. The van der Waals surface area contributed by atoms with E-state index in [1.54, 1.807) is 4.90 Å². The molecule has 1 saturated heterocycles. The van der Waals surface area contributed by atoms with Crippen LogP contribution in [0.25, 0.3) is 0 Å². The first-order chi connectivity index (χ1) is 9.24. The average Bonchev–Trinajstić information content (AvgIpc) is 2.71. The summed E-state index contributed by atoms with van der Waals surface area (Å²) in [6, 6.07) is 2.17. The normalized spacial score (nSPS) is 17.3. The van der Waals surface area contributed by atoms with Crippen LogP contribution < -0.4 is 0 Å². The highest BCUT2D eigenvalue weighted by atomic mass is 19.1. The molecule has 0 aromatic heterocycles. The third-order valence-electron chi connectivity index (χ3n) is 3.83. The van der Waals surface area contributed by atoms with E-state index >= 15 is 0 Å². The van der Waals surface area contributed by atoms with Gasteiger partial charge in [-0.05, 0) is 39.2 Å². The van der Waals surface area contributed by atoms with Gasteiger partial charge in [0, 0.05) is 24.2 Å². The third kappa shape index (κ3) is 2.37. The van der Waals surface area contributed by atoms with Crippen LogP contribution in [-0.2, 0) is 0 Å². The lowest BCUT2D eigenvalue weighted by Crippen LogP contribution is -2.43. The fraction of sp³-hybridized carbons (Fsp3) is 0.500. The minimum Gasteiger partial charge on any atom is -0.333 e. The molecule has 1 heterocycles. The summed E-state index contributed by atoms with van der Waals surface area (Å²) >= 11 is 0. The molecule has 0 unspecified atom stereocenters. The molecular formula is C14H17FN2O3. The number of rotatable bonds is 2. The van der Waals surface area contributed by atoms with Gasteiger partial charge in [-0.2, -0.15) is 0 Å². The van der Waals surface area contributed by atoms with Crippen molar-refractivity contribution in [2.75, 3.05) is 6.54 Å². The highest BCUT2D eigenvalue weighted by molar-refractivity contribution is 5.96. The van der Waals surface area contributed by atoms with Crippen molar-refractivity contribution in [2.24, 2.45) is 0 Å². The van der Waals surface area contributed by atoms with Crippen LogP contribution in [-0.4, -0.2) is 27.8 Å². The zero-order valence-electron chi connectivity index (χ0n) is 11.8. The predicted molar refractivity (Wildman–Crippen MR) is 72.1 cm³/mol. The Morgan fingerprint density at radius 1 is 1.45 bits per heavy atom. The number of non-ortho nitro benzene ring substituents is 1. The molecule has 1 aromatic rings. The lowest BCUT2D eigenvalue weighted by molar-refractivity contribution is -0.385. The average molecular weight is 280 g/mol. The van der Waals surface area contributed by atoms with Crippen LogP contribution in [0.2, 0.25) is 0 Å². The van der Waals surface area contributed by atoms with Crippen LogP contribution >= 0.6 is 0 Å². The van der Waals surface area contributed by atoms with Crippen molar-refractivity contribution in [1.29, 1.82) is 0 Å². The smallest absolute Gasteiger partial charge is 0.270 e. The molecule has 1 aliphatic heterocycles. The third-order valence-corrected chi connectivity index (χ3v) is 3.83. The quantitative estimate of drug-likeness (QED) is 0.617. The lowest BCUT2D eigenvalue weighted by Gasteiger charge is -2.31. The molecule has 1 aliphatic rings. The maximum absolute atomic E-state index is 14.1. The SMILES string of the molecule is Cc1cc([N+](=O)[O-])cc(C(=O)N2CCCC2(C)C)c1F. The number of nitro benzene ring substituents is 1. The molecule has 0 spiro atoms. The fourth-order valence-electron chi connectivity index (χ4n) is 2.64. The van der Waals surface area contributed by atoms with E-state index in [0.717, 1.165) is 25.0 Å². The predicted octanol–water partition coefficient (Wildman–Crippen LogP) is 3.06. The van der Waals surface area contributed by atoms with Gasteiger partial charge in [0.1, 0.15) is 5.82 Å². The molecule has 2 rings (SSSR count). The Bertz CT molecular complexity index is 584. The summed E-state index contributed by atoms with van der Waals surface area (Å²) in [5.41, 5.74) is -0.710. The molecule has 1 fully saturated rings. The summed E-state index contributed by atoms with van der Waals surface area (Å²) in [4.78, 5) is 24.3. The van der Waals surface area contributed by atoms with Gasteiger partial charge in [0.2, 0.25) is 0 Å². The number of hydrogen-bond donors (Lipinski definition) is 0. The van der Waals surface area contributed by atoms with E-state index in [2.05, 4.69) is 0 Å². The largest absolute Gasteiger partial charge is 0.333 e. The molecule has 0 saturated carbocycles. The van der Waals surface area contributed by atoms with Crippen molar-refractivity contribution in [3.05, 3.63) is 39.2 Å². The Labute approximate surface area is 116 Å². The van der Waals surface area contributed by atoms with E-state index in [1.165, 1.54) is 6.92 Å². The molecule has 0 N–H and O–H groups in total. The Morgan fingerprint density at radius 3 is 2.60 bits per heavy atom. The first kappa shape index (κ1) is 14.4. The molecule has 108 valence electrons. The summed E-state index contributed by atoms with van der Waals surface area (Å²) < 4.78 is 14.1. The van der Waals surface area contributed by atoms with Gasteiger partial charge in [-0.3, -0.25) is 14.9 Å². The maximum atomic E-state index is 14.1. The van der Waals surface area contributed by atoms with Gasteiger partial charge < -0.3 is 4.90 Å². The monoisotopic (exact) mass is 280 g/mol. The van der Waals surface area contributed by atoms with Gasteiger partial charge in [0.25, 0.3) is 11.6 Å². The van der Waals surface area contributed by atoms with Gasteiger partial charge >= 0.3 is 0 Å². The molecule has 20 heavy (non-hydrogen) atoms. The van der Waals surface area contributed by atoms with E-state index in [-0.39, 0.29) is 22.4 Å². The number of nitrogens with zero attached hydrogens (tertiary/aromatic N) is 2. The van der Waals surface area contributed by atoms with Crippen molar-refractivity contribution in [3.8, 4) is 0 Å². The minimum absolute atomic E-state index is 0.111. The summed E-state index contributed by atoms with van der Waals surface area (Å²) in [5, 5.41) is 10.8. The number of likely N-dealkylation sites (tertiary alicyclic amines) is 1. The molecule has 0 radical (unpaired) electrons. The summed E-state index contributed by atoms with van der Waals surface area (Å²) in [7, 11) is 0. The molecule has 0 bridgehead atoms. The van der Waals surface area contributed by atoms with Crippen LogP contribution in [0.4, 0.5) is 10.1 Å². The van der Waals surface area contributed by atoms with E-state index in [1.807, 2.05) is 13.8 Å². The number of aryl methyl sites for hydroxylation is 1. The van der Waals surface area contributed by atoms with Crippen molar-refractivity contribution < 1.29 is 14.1 Å². The van der Waals surface area contributed by atoms with Crippen LogP contribution in [0.15, 0.2) is 12.1 Å². The topological polar surface area (TPSA) is 63.5 Å². The van der Waals surface area contributed by atoms with Gasteiger partial charge in [0.05, 0.1) is 10.5 Å². The fourth-order valence-corrected chi connectivity index (χ4v) is 2.64. The van der Waals surface area contributed by atoms with Crippen molar-refractivity contribution in [1.82, 2.24) is 4.90 Å². The minimum atomic E-state index is -0.677. The standard InChI is InChI=1S/C14H17FN2O3/c1-9-7-10(17(19)20)8-11(12(9)15)13(18)16-6-4-5-14(16,2)3/h7-8H,4-6H2,1-3H3. The second-order valence-electron chi connectivity index (χ2n) is 5.75. The molecule has 6 heteroatoms. The van der Waals surface area contributed by atoms with Crippen molar-refractivity contribution in [3.63, 3.8) is 0 Å². The van der Waals surface area contributed by atoms with E-state index in [9.17, 15) is 19.3 Å². The van der Waals surface area contributed by atoms with Gasteiger partial charge in [-0.1, -0.05) is 0 Å². The zero-order chi connectivity index (χ0) is 15.1. The number of carbonyl (C=O) groups is 1. The summed E-state index contributed by atoms with van der Waals surface area (Å²) in [6.07, 6.45) is 1.70. The van der Waals surface area contributed by atoms with Crippen LogP contribution in [0.1, 0.15) is 42.6 Å². The van der Waals surface area contributed by atoms with Gasteiger partial charge in [-0.15, -0.1) is 0 Å². The van der Waals surface area contributed by atoms with Crippen LogP contribution in [0.5, 0.6) is 0 Å². The first-order valence-electron chi connectivity index (χ1n) is 6.50. The molecule has 0 aliphatic carbocycles. The van der Waals surface area contributed by atoms with E-state index in [4.69, 9.17) is 0 Å². The Balaban J connectivity index is 2.47. The number of carbonyl (C=O) groups excluding carboxylic acids is 1. The van der Waals surface area contributed by atoms with Crippen LogP contribution in [0.3, 0.4) is 0 Å². The Kier molecular flexibility index (Phi) is 3.50. The first-order valence-corrected chi connectivity index (χ1v) is 6.50. The molecule has 1 amide bonds. The number of amides is 1. The second-order valence-corrected chi connectivity index (χ2v) is 5.75. The number of hydrogen-bond acceptors (Lipinski definition) is 3. The number of nitro groups is 1. The van der Waals surface area contributed by atoms with E-state index < -0.39 is 16.6 Å². The number of halogens is 1. The second kappa shape index (κ2) is 4.85. The van der Waals surface area contributed by atoms with Crippen molar-refractivity contribution >= 4 is 11.6 Å². The van der Waals surface area contributed by atoms with E-state index in [0.29, 0.717) is 6.54 Å². The zero-order valence-corrected chi connectivity index (χ0v) is 11.8. The highest BCUT2D eigenvalue weighted by Gasteiger charge is 2.37. The lowest BCUT2D eigenvalue weighted by atomic mass is 10.0. The Hall–Kier alpha value is -1.98.